The minimum absolute atomic E-state index is 0.0650. The molecule has 0 radical (unpaired) electrons. The maximum absolute atomic E-state index is 12.0. The second-order valence-electron chi connectivity index (χ2n) is 5.99. The van der Waals surface area contributed by atoms with Crippen molar-refractivity contribution in [1.82, 2.24) is 5.32 Å². The predicted molar refractivity (Wildman–Crippen MR) is 94.4 cm³/mol. The molecule has 0 aromatic heterocycles. The van der Waals surface area contributed by atoms with Crippen LogP contribution in [0, 0.1) is 0 Å². The Morgan fingerprint density at radius 2 is 1.60 bits per heavy atom. The first kappa shape index (κ1) is 17.6. The molecule has 1 heterocycles. The molecule has 1 aliphatic rings. The number of ether oxygens (including phenoxy) is 3. The van der Waals surface area contributed by atoms with Gasteiger partial charge >= 0.3 is 0 Å². The van der Waals surface area contributed by atoms with Crippen LogP contribution in [0.3, 0.4) is 0 Å². The smallest absolute Gasteiger partial charge is 0.251 e. The number of benzene rings is 2. The Labute approximate surface area is 147 Å². The summed E-state index contributed by atoms with van der Waals surface area (Å²) in [6.45, 7) is 2.43. The number of amides is 1. The number of nitrogens with one attached hydrogen (secondary N) is 1. The highest BCUT2D eigenvalue weighted by molar-refractivity contribution is 5.94. The van der Waals surface area contributed by atoms with E-state index in [1.807, 2.05) is 48.5 Å². The van der Waals surface area contributed by atoms with E-state index >= 15 is 0 Å². The molecule has 0 unspecified atom stereocenters. The number of carbonyl (C=O) groups is 1. The first-order chi connectivity index (χ1) is 12.3. The molecule has 1 aliphatic heterocycles. The van der Waals surface area contributed by atoms with Gasteiger partial charge in [-0.15, -0.1) is 0 Å². The van der Waals surface area contributed by atoms with Crippen molar-refractivity contribution in [3.05, 3.63) is 71.8 Å². The molecule has 1 amide bonds. The summed E-state index contributed by atoms with van der Waals surface area (Å²) < 4.78 is 17.2. The zero-order valence-corrected chi connectivity index (χ0v) is 14.1. The van der Waals surface area contributed by atoms with Gasteiger partial charge in [0.1, 0.15) is 6.10 Å². The van der Waals surface area contributed by atoms with E-state index in [-0.39, 0.29) is 18.1 Å². The summed E-state index contributed by atoms with van der Waals surface area (Å²) in [6.07, 6.45) is -0.192. The average Bonchev–Trinajstić information content (AvgIpc) is 2.68. The zero-order chi connectivity index (χ0) is 17.3. The van der Waals surface area contributed by atoms with E-state index in [4.69, 9.17) is 14.2 Å². The van der Waals surface area contributed by atoms with Gasteiger partial charge in [-0.05, 0) is 17.7 Å². The van der Waals surface area contributed by atoms with Crippen molar-refractivity contribution < 1.29 is 19.0 Å². The summed E-state index contributed by atoms with van der Waals surface area (Å²) in [7, 11) is 0. The highest BCUT2D eigenvalue weighted by Gasteiger charge is 2.23. The van der Waals surface area contributed by atoms with E-state index in [0.29, 0.717) is 38.5 Å². The van der Waals surface area contributed by atoms with E-state index in [9.17, 15) is 4.79 Å². The highest BCUT2D eigenvalue weighted by Crippen LogP contribution is 2.09. The Hall–Kier alpha value is -2.21. The van der Waals surface area contributed by atoms with Gasteiger partial charge in [-0.3, -0.25) is 4.79 Å². The maximum atomic E-state index is 12.0. The second-order valence-corrected chi connectivity index (χ2v) is 5.99. The molecule has 0 bridgehead atoms. The van der Waals surface area contributed by atoms with Gasteiger partial charge in [0.15, 0.2) is 0 Å². The summed E-state index contributed by atoms with van der Waals surface area (Å²) in [5, 5.41) is 2.87. The van der Waals surface area contributed by atoms with E-state index in [1.54, 1.807) is 12.1 Å². The third-order valence-electron chi connectivity index (χ3n) is 3.98. The van der Waals surface area contributed by atoms with Crippen LogP contribution in [-0.4, -0.2) is 44.5 Å². The largest absolute Gasteiger partial charge is 0.374 e. The number of carbonyl (C=O) groups excluding carboxylic acids is 1. The van der Waals surface area contributed by atoms with Gasteiger partial charge in [-0.1, -0.05) is 48.5 Å². The molecule has 5 heteroatoms. The minimum atomic E-state index is -0.127. The van der Waals surface area contributed by atoms with Crippen molar-refractivity contribution in [2.75, 3.05) is 26.4 Å². The minimum Gasteiger partial charge on any atom is -0.374 e. The maximum Gasteiger partial charge on any atom is 0.251 e. The summed E-state index contributed by atoms with van der Waals surface area (Å²) in [5.41, 5.74) is 1.78. The van der Waals surface area contributed by atoms with Crippen molar-refractivity contribution in [2.24, 2.45) is 0 Å². The van der Waals surface area contributed by atoms with E-state index < -0.39 is 0 Å². The summed E-state index contributed by atoms with van der Waals surface area (Å²) in [4.78, 5) is 12.0. The average molecular weight is 341 g/mol. The first-order valence-electron chi connectivity index (χ1n) is 8.49. The Morgan fingerprint density at radius 3 is 2.28 bits per heavy atom. The monoisotopic (exact) mass is 341 g/mol. The molecule has 0 saturated carbocycles. The van der Waals surface area contributed by atoms with E-state index in [0.717, 1.165) is 5.56 Å². The summed E-state index contributed by atoms with van der Waals surface area (Å²) in [6, 6.07) is 19.2. The third-order valence-corrected chi connectivity index (χ3v) is 3.98. The Kier molecular flexibility index (Phi) is 6.56. The first-order valence-corrected chi connectivity index (χ1v) is 8.49. The Balaban J connectivity index is 1.31. The standard InChI is InChI=1S/C20H23NO4/c22-20(17-9-5-2-6-10-17)21-11-18-14-25-19(15-24-18)13-23-12-16-7-3-1-4-8-16/h1-10,18-19H,11-15H2,(H,21,22)/t18-,19-/m1/s1. The Morgan fingerprint density at radius 1 is 0.960 bits per heavy atom. The van der Waals surface area contributed by atoms with Crippen molar-refractivity contribution in [1.29, 1.82) is 0 Å². The molecule has 3 rings (SSSR count). The number of hydrogen-bond acceptors (Lipinski definition) is 4. The molecule has 25 heavy (non-hydrogen) atoms. The normalized spacial score (nSPS) is 20.2. The number of hydrogen-bond donors (Lipinski definition) is 1. The molecule has 0 aliphatic carbocycles. The molecule has 0 spiro atoms. The van der Waals surface area contributed by atoms with Crippen LogP contribution >= 0.6 is 0 Å². The summed E-state index contributed by atoms with van der Waals surface area (Å²) in [5.74, 6) is -0.0995. The van der Waals surface area contributed by atoms with Crippen LogP contribution in [0.4, 0.5) is 0 Å². The lowest BCUT2D eigenvalue weighted by atomic mass is 10.2. The zero-order valence-electron chi connectivity index (χ0n) is 14.1. The van der Waals surface area contributed by atoms with Crippen molar-refractivity contribution in [2.45, 2.75) is 18.8 Å². The fraction of sp³-hybridized carbons (Fsp3) is 0.350. The van der Waals surface area contributed by atoms with Gasteiger partial charge in [-0.25, -0.2) is 0 Å². The molecule has 1 fully saturated rings. The van der Waals surface area contributed by atoms with Gasteiger partial charge in [0.2, 0.25) is 0 Å². The van der Waals surface area contributed by atoms with Crippen LogP contribution < -0.4 is 5.32 Å². The lowest BCUT2D eigenvalue weighted by molar-refractivity contribution is -0.151. The van der Waals surface area contributed by atoms with Gasteiger partial charge in [-0.2, -0.15) is 0 Å². The molecule has 1 N–H and O–H groups in total. The van der Waals surface area contributed by atoms with Crippen LogP contribution in [0.5, 0.6) is 0 Å². The van der Waals surface area contributed by atoms with Gasteiger partial charge < -0.3 is 19.5 Å². The predicted octanol–water partition coefficient (Wildman–Crippen LogP) is 2.42. The molecular formula is C20H23NO4. The Bertz CT molecular complexity index is 639. The van der Waals surface area contributed by atoms with Crippen molar-refractivity contribution >= 4 is 5.91 Å². The molecule has 2 atom stereocenters. The molecule has 5 nitrogen and oxygen atoms in total. The quantitative estimate of drug-likeness (QED) is 0.840. The van der Waals surface area contributed by atoms with Crippen molar-refractivity contribution in [3.63, 3.8) is 0 Å². The third kappa shape index (κ3) is 5.67. The van der Waals surface area contributed by atoms with E-state index in [2.05, 4.69) is 5.32 Å². The fourth-order valence-corrected chi connectivity index (χ4v) is 2.58. The van der Waals surface area contributed by atoms with Crippen LogP contribution in [0.1, 0.15) is 15.9 Å². The molecule has 1 saturated heterocycles. The van der Waals surface area contributed by atoms with E-state index in [1.165, 1.54) is 0 Å². The second kappa shape index (κ2) is 9.32. The lowest BCUT2D eigenvalue weighted by Gasteiger charge is -2.29. The van der Waals surface area contributed by atoms with Crippen LogP contribution in [0.2, 0.25) is 0 Å². The summed E-state index contributed by atoms with van der Waals surface area (Å²) >= 11 is 0. The lowest BCUT2D eigenvalue weighted by Crippen LogP contribution is -2.44. The highest BCUT2D eigenvalue weighted by atomic mass is 16.6. The van der Waals surface area contributed by atoms with Gasteiger partial charge in [0.05, 0.1) is 32.5 Å². The molecule has 2 aromatic carbocycles. The fourth-order valence-electron chi connectivity index (χ4n) is 2.58. The van der Waals surface area contributed by atoms with Crippen LogP contribution in [-0.2, 0) is 20.8 Å². The van der Waals surface area contributed by atoms with Crippen LogP contribution in [0.25, 0.3) is 0 Å². The van der Waals surface area contributed by atoms with Crippen LogP contribution in [0.15, 0.2) is 60.7 Å². The topological polar surface area (TPSA) is 56.8 Å². The molecule has 2 aromatic rings. The molecule has 132 valence electrons. The van der Waals surface area contributed by atoms with Gasteiger partial charge in [0.25, 0.3) is 5.91 Å². The van der Waals surface area contributed by atoms with Gasteiger partial charge in [0, 0.05) is 12.1 Å². The number of rotatable bonds is 7. The van der Waals surface area contributed by atoms with Crippen molar-refractivity contribution in [3.8, 4) is 0 Å². The molecular weight excluding hydrogens is 318 g/mol. The SMILES string of the molecule is O=C(NC[C@@H]1CO[C@H](COCc2ccccc2)CO1)c1ccccc1.